The molecule has 0 saturated carbocycles. The van der Waals surface area contributed by atoms with Crippen LogP contribution in [0.5, 0.6) is 0 Å². The Morgan fingerprint density at radius 2 is 2.12 bits per heavy atom. The second-order valence-electron chi connectivity index (χ2n) is 6.68. The van der Waals surface area contributed by atoms with Gasteiger partial charge in [-0.05, 0) is 25.0 Å². The van der Waals surface area contributed by atoms with E-state index in [4.69, 9.17) is 4.74 Å². The Balaban J connectivity index is 1.52. The van der Waals surface area contributed by atoms with E-state index < -0.39 is 5.60 Å². The molecule has 7 nitrogen and oxygen atoms in total. The summed E-state index contributed by atoms with van der Waals surface area (Å²) in [7, 11) is 0. The lowest BCUT2D eigenvalue weighted by Crippen LogP contribution is -2.61. The topological polar surface area (TPSA) is 71.5 Å². The molecule has 2 aliphatic heterocycles. The molecule has 4 heterocycles. The molecule has 0 N–H and O–H groups in total. The van der Waals surface area contributed by atoms with Crippen LogP contribution in [0.1, 0.15) is 23.3 Å². The number of nitrogens with zero attached hydrogens (tertiary/aromatic N) is 5. The zero-order valence-corrected chi connectivity index (χ0v) is 14.3. The molecule has 1 atom stereocenters. The van der Waals surface area contributed by atoms with E-state index in [0.717, 1.165) is 19.4 Å². The van der Waals surface area contributed by atoms with E-state index in [0.29, 0.717) is 37.8 Å². The highest BCUT2D eigenvalue weighted by Gasteiger charge is 2.42. The summed E-state index contributed by atoms with van der Waals surface area (Å²) in [6, 6.07) is 2.99. The van der Waals surface area contributed by atoms with Gasteiger partial charge in [-0.15, -0.1) is 0 Å². The fraction of sp³-hybridized carbons (Fsp3) is 0.444. The summed E-state index contributed by atoms with van der Waals surface area (Å²) in [4.78, 5) is 28.6. The van der Waals surface area contributed by atoms with E-state index in [1.54, 1.807) is 17.2 Å². The molecule has 26 heavy (non-hydrogen) atoms. The number of anilines is 1. The Morgan fingerprint density at radius 3 is 2.92 bits per heavy atom. The molecule has 0 aliphatic carbocycles. The molecule has 2 fully saturated rings. The van der Waals surface area contributed by atoms with Gasteiger partial charge in [-0.25, -0.2) is 14.4 Å². The van der Waals surface area contributed by atoms with Gasteiger partial charge in [0.15, 0.2) is 11.6 Å². The second-order valence-corrected chi connectivity index (χ2v) is 6.68. The van der Waals surface area contributed by atoms with Crippen LogP contribution in [0.25, 0.3) is 0 Å². The lowest BCUT2D eigenvalue weighted by Gasteiger charge is -2.48. The molecule has 1 amide bonds. The van der Waals surface area contributed by atoms with Crippen LogP contribution >= 0.6 is 0 Å². The predicted molar refractivity (Wildman–Crippen MR) is 92.3 cm³/mol. The number of amides is 1. The summed E-state index contributed by atoms with van der Waals surface area (Å²) in [5.41, 5.74) is -0.189. The fourth-order valence-corrected chi connectivity index (χ4v) is 3.73. The van der Waals surface area contributed by atoms with Crippen LogP contribution in [0.3, 0.4) is 0 Å². The number of rotatable bonds is 2. The number of carbonyl (C=O) groups is 1. The van der Waals surface area contributed by atoms with Crippen LogP contribution in [-0.4, -0.2) is 64.1 Å². The van der Waals surface area contributed by atoms with Gasteiger partial charge >= 0.3 is 0 Å². The Morgan fingerprint density at radius 1 is 1.19 bits per heavy atom. The second kappa shape index (κ2) is 6.95. The van der Waals surface area contributed by atoms with Crippen molar-refractivity contribution in [3.63, 3.8) is 0 Å². The summed E-state index contributed by atoms with van der Waals surface area (Å²) in [5, 5.41) is 0. The minimum atomic E-state index is -0.516. The molecule has 1 spiro atoms. The van der Waals surface area contributed by atoms with Crippen LogP contribution in [0.4, 0.5) is 10.2 Å². The lowest BCUT2D eigenvalue weighted by molar-refractivity contribution is -0.105. The van der Waals surface area contributed by atoms with Gasteiger partial charge in [-0.3, -0.25) is 9.78 Å². The molecule has 2 aromatic heterocycles. The normalized spacial score (nSPS) is 23.3. The van der Waals surface area contributed by atoms with Gasteiger partial charge in [0.25, 0.3) is 5.91 Å². The van der Waals surface area contributed by atoms with Crippen molar-refractivity contribution in [1.29, 1.82) is 0 Å². The zero-order valence-electron chi connectivity index (χ0n) is 14.3. The van der Waals surface area contributed by atoms with Crippen LogP contribution in [-0.2, 0) is 4.74 Å². The highest BCUT2D eigenvalue weighted by atomic mass is 19.1. The summed E-state index contributed by atoms with van der Waals surface area (Å²) >= 11 is 0. The SMILES string of the molecule is O=C(c1cnccn1)N1CCOC2(CCCN(c3ncccc3F)C2)C1. The number of hydrogen-bond acceptors (Lipinski definition) is 6. The third-order valence-corrected chi connectivity index (χ3v) is 4.90. The average Bonchev–Trinajstić information content (AvgIpc) is 2.68. The molecule has 2 saturated heterocycles. The molecule has 0 radical (unpaired) electrons. The monoisotopic (exact) mass is 357 g/mol. The van der Waals surface area contributed by atoms with Gasteiger partial charge in [0, 0.05) is 31.7 Å². The molecule has 2 aromatic rings. The minimum absolute atomic E-state index is 0.151. The van der Waals surface area contributed by atoms with Crippen molar-refractivity contribution in [2.45, 2.75) is 18.4 Å². The minimum Gasteiger partial charge on any atom is -0.369 e. The number of aromatic nitrogens is 3. The van der Waals surface area contributed by atoms with E-state index in [2.05, 4.69) is 15.0 Å². The van der Waals surface area contributed by atoms with Crippen LogP contribution in [0.15, 0.2) is 36.9 Å². The van der Waals surface area contributed by atoms with E-state index in [1.165, 1.54) is 24.7 Å². The molecule has 136 valence electrons. The quantitative estimate of drug-likeness (QED) is 0.812. The third-order valence-electron chi connectivity index (χ3n) is 4.90. The Bertz CT molecular complexity index is 786. The average molecular weight is 357 g/mol. The number of halogens is 1. The number of carbonyl (C=O) groups excluding carboxylic acids is 1. The Labute approximate surface area is 150 Å². The Hall–Kier alpha value is -2.61. The first-order valence-electron chi connectivity index (χ1n) is 8.72. The number of morpholine rings is 1. The molecule has 2 aliphatic rings. The van der Waals surface area contributed by atoms with Gasteiger partial charge in [-0.1, -0.05) is 0 Å². The van der Waals surface area contributed by atoms with Crippen molar-refractivity contribution in [3.8, 4) is 0 Å². The molecule has 4 rings (SSSR count). The van der Waals surface area contributed by atoms with E-state index in [-0.39, 0.29) is 11.7 Å². The van der Waals surface area contributed by atoms with Crippen LogP contribution in [0, 0.1) is 5.82 Å². The standard InChI is InChI=1S/C18H20FN5O2/c19-14-3-1-5-22-16(14)23-8-2-4-18(12-23)13-24(9-10-26-18)17(25)15-11-20-6-7-21-15/h1,3,5-7,11H,2,4,8-10,12-13H2. The first-order valence-corrected chi connectivity index (χ1v) is 8.72. The fourth-order valence-electron chi connectivity index (χ4n) is 3.73. The first-order chi connectivity index (χ1) is 12.7. The largest absolute Gasteiger partial charge is 0.369 e. The number of piperidine rings is 1. The summed E-state index contributed by atoms with van der Waals surface area (Å²) in [6.07, 6.45) is 7.78. The maximum Gasteiger partial charge on any atom is 0.274 e. The van der Waals surface area contributed by atoms with Gasteiger partial charge < -0.3 is 14.5 Å². The highest BCUT2D eigenvalue weighted by Crippen LogP contribution is 2.32. The first kappa shape index (κ1) is 16.8. The summed E-state index contributed by atoms with van der Waals surface area (Å²) in [6.45, 7) is 2.63. The number of ether oxygens (including phenoxy) is 1. The van der Waals surface area contributed by atoms with Gasteiger partial charge in [-0.2, -0.15) is 0 Å². The Kier molecular flexibility index (Phi) is 4.50. The molecule has 1 unspecified atom stereocenters. The van der Waals surface area contributed by atoms with Crippen molar-refractivity contribution in [3.05, 3.63) is 48.4 Å². The number of pyridine rings is 1. The van der Waals surface area contributed by atoms with Gasteiger partial charge in [0.2, 0.25) is 0 Å². The van der Waals surface area contributed by atoms with Gasteiger partial charge in [0.1, 0.15) is 11.3 Å². The van der Waals surface area contributed by atoms with Crippen molar-refractivity contribution in [1.82, 2.24) is 19.9 Å². The van der Waals surface area contributed by atoms with Crippen LogP contribution in [0.2, 0.25) is 0 Å². The third kappa shape index (κ3) is 3.24. The van der Waals surface area contributed by atoms with Crippen molar-refractivity contribution < 1.29 is 13.9 Å². The van der Waals surface area contributed by atoms with Crippen molar-refractivity contribution >= 4 is 11.7 Å². The lowest BCUT2D eigenvalue weighted by atomic mass is 9.90. The maximum atomic E-state index is 14.1. The molecule has 0 aromatic carbocycles. The zero-order chi connectivity index (χ0) is 18.0. The molecule has 0 bridgehead atoms. The van der Waals surface area contributed by atoms with Crippen molar-refractivity contribution in [2.75, 3.05) is 37.7 Å². The molecular weight excluding hydrogens is 337 g/mol. The van der Waals surface area contributed by atoms with E-state index in [1.807, 2.05) is 4.90 Å². The van der Waals surface area contributed by atoms with Gasteiger partial charge in [0.05, 0.1) is 25.9 Å². The molecular formula is C18H20FN5O2. The predicted octanol–water partition coefficient (Wildman–Crippen LogP) is 1.52. The van der Waals surface area contributed by atoms with E-state index in [9.17, 15) is 9.18 Å². The van der Waals surface area contributed by atoms with Crippen LogP contribution < -0.4 is 4.90 Å². The summed E-state index contributed by atoms with van der Waals surface area (Å²) in [5.74, 6) is -0.151. The molecule has 8 heteroatoms. The maximum absolute atomic E-state index is 14.1. The van der Waals surface area contributed by atoms with E-state index >= 15 is 0 Å². The summed E-state index contributed by atoms with van der Waals surface area (Å²) < 4.78 is 20.2. The van der Waals surface area contributed by atoms with Crippen molar-refractivity contribution in [2.24, 2.45) is 0 Å². The number of hydrogen-bond donors (Lipinski definition) is 0. The highest BCUT2D eigenvalue weighted by molar-refractivity contribution is 5.92. The smallest absolute Gasteiger partial charge is 0.274 e.